The first-order valence-corrected chi connectivity index (χ1v) is 9.78. The van der Waals surface area contributed by atoms with Crippen molar-refractivity contribution in [3.8, 4) is 11.5 Å². The lowest BCUT2D eigenvalue weighted by Gasteiger charge is -2.13. The van der Waals surface area contributed by atoms with E-state index in [-0.39, 0.29) is 24.0 Å². The van der Waals surface area contributed by atoms with Crippen molar-refractivity contribution in [3.05, 3.63) is 90.9 Å². The van der Waals surface area contributed by atoms with Crippen molar-refractivity contribution in [3.63, 3.8) is 0 Å². The highest BCUT2D eigenvalue weighted by Gasteiger charge is 2.03. The molecule has 0 atom stereocenters. The minimum absolute atomic E-state index is 0. The number of imidazole rings is 1. The van der Waals surface area contributed by atoms with Gasteiger partial charge in [0.25, 0.3) is 0 Å². The number of halogens is 1. The summed E-state index contributed by atoms with van der Waals surface area (Å²) in [6, 6.07) is 14.4. The Morgan fingerprint density at radius 3 is 2.58 bits per heavy atom. The molecule has 0 saturated carbocycles. The van der Waals surface area contributed by atoms with Crippen molar-refractivity contribution >= 4 is 29.9 Å². The number of aromatic nitrogens is 5. The van der Waals surface area contributed by atoms with E-state index in [1.54, 1.807) is 32.0 Å². The smallest absolute Gasteiger partial charge is 0.191 e. The Labute approximate surface area is 198 Å². The fraction of sp³-hybridized carbons (Fsp3) is 0.182. The minimum atomic E-state index is 0. The Morgan fingerprint density at radius 2 is 1.87 bits per heavy atom. The van der Waals surface area contributed by atoms with Gasteiger partial charge in [0.05, 0.1) is 5.69 Å². The van der Waals surface area contributed by atoms with Crippen molar-refractivity contribution < 1.29 is 0 Å². The van der Waals surface area contributed by atoms with E-state index in [0.717, 1.165) is 36.0 Å². The molecule has 3 aromatic heterocycles. The van der Waals surface area contributed by atoms with Crippen LogP contribution in [0.25, 0.3) is 11.5 Å². The van der Waals surface area contributed by atoms with Crippen molar-refractivity contribution in [2.24, 2.45) is 4.99 Å². The molecule has 0 aliphatic rings. The van der Waals surface area contributed by atoms with Crippen LogP contribution in [0.2, 0.25) is 0 Å². The molecule has 31 heavy (non-hydrogen) atoms. The largest absolute Gasteiger partial charge is 0.356 e. The maximum Gasteiger partial charge on any atom is 0.191 e. The molecule has 3 heterocycles. The SMILES string of the molecule is CN=C(NCCc1ccc(-n2cccn2)cc1)NCc1ccnc(-n2ccnc2)c1.I. The predicted octanol–water partition coefficient (Wildman–Crippen LogP) is 2.98. The molecule has 2 N–H and O–H groups in total. The van der Waals surface area contributed by atoms with Crippen LogP contribution in [0.4, 0.5) is 0 Å². The van der Waals surface area contributed by atoms with E-state index in [1.165, 1.54) is 5.56 Å². The Kier molecular flexibility index (Phi) is 8.16. The molecule has 0 saturated heterocycles. The molecule has 0 aliphatic carbocycles. The van der Waals surface area contributed by atoms with Crippen LogP contribution in [0.3, 0.4) is 0 Å². The summed E-state index contributed by atoms with van der Waals surface area (Å²) in [7, 11) is 1.78. The summed E-state index contributed by atoms with van der Waals surface area (Å²) in [5.74, 6) is 1.61. The molecule has 4 rings (SSSR count). The van der Waals surface area contributed by atoms with Gasteiger partial charge in [0.1, 0.15) is 12.1 Å². The van der Waals surface area contributed by atoms with Gasteiger partial charge in [-0.05, 0) is 47.9 Å². The van der Waals surface area contributed by atoms with E-state index >= 15 is 0 Å². The average Bonchev–Trinajstić information content (AvgIpc) is 3.51. The minimum Gasteiger partial charge on any atom is -0.356 e. The standard InChI is InChI=1S/C22H24N8.HI/c1-23-22(27-16-19-8-10-25-21(15-19)29-14-12-24-17-29)26-11-7-18-3-5-20(6-4-18)30-13-2-9-28-30;/h2-6,8-10,12-15,17H,7,11,16H2,1H3,(H2,23,26,27);1H. The normalized spacial score (nSPS) is 11.1. The van der Waals surface area contributed by atoms with Crippen molar-refractivity contribution in [2.45, 2.75) is 13.0 Å². The summed E-state index contributed by atoms with van der Waals surface area (Å²) in [5, 5.41) is 11.0. The fourth-order valence-electron chi connectivity index (χ4n) is 3.07. The summed E-state index contributed by atoms with van der Waals surface area (Å²) >= 11 is 0. The lowest BCUT2D eigenvalue weighted by Crippen LogP contribution is -2.37. The van der Waals surface area contributed by atoms with Gasteiger partial charge in [-0.2, -0.15) is 5.10 Å². The maximum atomic E-state index is 4.38. The number of rotatable bonds is 7. The summed E-state index contributed by atoms with van der Waals surface area (Å²) < 4.78 is 3.74. The van der Waals surface area contributed by atoms with E-state index in [1.807, 2.05) is 39.8 Å². The van der Waals surface area contributed by atoms with Gasteiger partial charge in [-0.15, -0.1) is 24.0 Å². The number of nitrogens with one attached hydrogen (secondary N) is 2. The van der Waals surface area contributed by atoms with Crippen LogP contribution in [-0.4, -0.2) is 43.9 Å². The molecule has 0 spiro atoms. The molecule has 0 amide bonds. The zero-order valence-electron chi connectivity index (χ0n) is 17.2. The van der Waals surface area contributed by atoms with Crippen LogP contribution >= 0.6 is 24.0 Å². The first kappa shape index (κ1) is 22.5. The summed E-state index contributed by atoms with van der Waals surface area (Å²) in [6.45, 7) is 1.44. The lowest BCUT2D eigenvalue weighted by molar-refractivity contribution is 0.792. The van der Waals surface area contributed by atoms with E-state index in [2.05, 4.69) is 55.0 Å². The summed E-state index contributed by atoms with van der Waals surface area (Å²) in [5.41, 5.74) is 3.43. The van der Waals surface area contributed by atoms with Gasteiger partial charge >= 0.3 is 0 Å². The van der Waals surface area contributed by atoms with E-state index in [0.29, 0.717) is 6.54 Å². The summed E-state index contributed by atoms with van der Waals surface area (Å²) in [6.07, 6.45) is 11.8. The third kappa shape index (κ3) is 6.14. The predicted molar refractivity (Wildman–Crippen MR) is 132 cm³/mol. The van der Waals surface area contributed by atoms with E-state index in [4.69, 9.17) is 0 Å². The molecular weight excluding hydrogens is 503 g/mol. The van der Waals surface area contributed by atoms with E-state index < -0.39 is 0 Å². The highest BCUT2D eigenvalue weighted by molar-refractivity contribution is 14.0. The third-order valence-corrected chi connectivity index (χ3v) is 4.67. The van der Waals surface area contributed by atoms with Gasteiger partial charge in [-0.25, -0.2) is 14.6 Å². The second-order valence-electron chi connectivity index (χ2n) is 6.71. The monoisotopic (exact) mass is 528 g/mol. The molecule has 0 bridgehead atoms. The topological polar surface area (TPSA) is 85.0 Å². The summed E-state index contributed by atoms with van der Waals surface area (Å²) in [4.78, 5) is 12.8. The molecule has 8 nitrogen and oxygen atoms in total. The van der Waals surface area contributed by atoms with Crippen LogP contribution in [-0.2, 0) is 13.0 Å². The number of aliphatic imine (C=N–C) groups is 1. The average molecular weight is 528 g/mol. The number of nitrogens with zero attached hydrogens (tertiary/aromatic N) is 6. The molecular formula is C22H25IN8. The van der Waals surface area contributed by atoms with Gasteiger partial charge in [0, 0.05) is 51.1 Å². The van der Waals surface area contributed by atoms with Crippen LogP contribution in [0.1, 0.15) is 11.1 Å². The molecule has 0 unspecified atom stereocenters. The van der Waals surface area contributed by atoms with Gasteiger partial charge in [-0.3, -0.25) is 9.56 Å². The maximum absolute atomic E-state index is 4.38. The van der Waals surface area contributed by atoms with Crippen molar-refractivity contribution in [1.82, 2.24) is 34.9 Å². The van der Waals surface area contributed by atoms with Crippen molar-refractivity contribution in [1.29, 1.82) is 0 Å². The Balaban J connectivity index is 0.00000272. The van der Waals surface area contributed by atoms with Crippen molar-refractivity contribution in [2.75, 3.05) is 13.6 Å². The highest BCUT2D eigenvalue weighted by atomic mass is 127. The fourth-order valence-corrected chi connectivity index (χ4v) is 3.07. The first-order chi connectivity index (χ1) is 14.8. The number of pyridine rings is 1. The van der Waals surface area contributed by atoms with Crippen LogP contribution < -0.4 is 10.6 Å². The molecule has 1 aromatic carbocycles. The van der Waals surface area contributed by atoms with Gasteiger partial charge < -0.3 is 10.6 Å². The number of hydrogen-bond acceptors (Lipinski definition) is 4. The van der Waals surface area contributed by atoms with E-state index in [9.17, 15) is 0 Å². The van der Waals surface area contributed by atoms with Crippen LogP contribution in [0.5, 0.6) is 0 Å². The molecule has 9 heteroatoms. The first-order valence-electron chi connectivity index (χ1n) is 9.78. The number of hydrogen-bond donors (Lipinski definition) is 2. The highest BCUT2D eigenvalue weighted by Crippen LogP contribution is 2.09. The zero-order valence-corrected chi connectivity index (χ0v) is 19.5. The zero-order chi connectivity index (χ0) is 20.6. The Bertz CT molecular complexity index is 1070. The van der Waals surface area contributed by atoms with Gasteiger partial charge in [-0.1, -0.05) is 12.1 Å². The second-order valence-corrected chi connectivity index (χ2v) is 6.71. The second kappa shape index (κ2) is 11.3. The number of benzene rings is 1. The molecule has 0 radical (unpaired) electrons. The van der Waals surface area contributed by atoms with Gasteiger partial charge in [0.15, 0.2) is 5.96 Å². The molecule has 0 fully saturated rings. The number of guanidine groups is 1. The Hall–Kier alpha value is -3.21. The van der Waals surface area contributed by atoms with Crippen LogP contribution in [0, 0.1) is 0 Å². The Morgan fingerprint density at radius 1 is 1.00 bits per heavy atom. The third-order valence-electron chi connectivity index (χ3n) is 4.67. The quantitative estimate of drug-likeness (QED) is 0.219. The molecule has 4 aromatic rings. The lowest BCUT2D eigenvalue weighted by atomic mass is 10.1. The van der Waals surface area contributed by atoms with Crippen LogP contribution in [0.15, 0.2) is 84.8 Å². The molecule has 160 valence electrons. The molecule has 0 aliphatic heterocycles. The van der Waals surface area contributed by atoms with Gasteiger partial charge in [0.2, 0.25) is 0 Å².